The first-order valence-electron chi connectivity index (χ1n) is 9.79. The maximum atomic E-state index is 12.9. The third kappa shape index (κ3) is 4.50. The Labute approximate surface area is 166 Å². The van der Waals surface area contributed by atoms with Crippen LogP contribution in [0.5, 0.6) is 0 Å². The number of cyclic esters (lactones) is 1. The summed E-state index contributed by atoms with van der Waals surface area (Å²) in [6.07, 6.45) is -0.197. The SMILES string of the molecule is Cc1cc(C)c(C2C(=O)CC(C(C)COCc3ccccc3)OC2=O)c(C)c1. The minimum atomic E-state index is -0.811. The zero-order valence-electron chi connectivity index (χ0n) is 17.0. The van der Waals surface area contributed by atoms with Gasteiger partial charge in [0.2, 0.25) is 0 Å². The van der Waals surface area contributed by atoms with Gasteiger partial charge in [-0.05, 0) is 43.0 Å². The average Bonchev–Trinajstić information content (AvgIpc) is 2.63. The Morgan fingerprint density at radius 1 is 1.07 bits per heavy atom. The molecule has 0 radical (unpaired) electrons. The number of benzene rings is 2. The predicted molar refractivity (Wildman–Crippen MR) is 108 cm³/mol. The summed E-state index contributed by atoms with van der Waals surface area (Å²) in [5, 5.41) is 0. The van der Waals surface area contributed by atoms with Crippen molar-refractivity contribution in [2.45, 2.75) is 52.7 Å². The summed E-state index contributed by atoms with van der Waals surface area (Å²) in [5.74, 6) is -1.36. The molecular weight excluding hydrogens is 352 g/mol. The van der Waals surface area contributed by atoms with E-state index in [9.17, 15) is 9.59 Å². The first-order chi connectivity index (χ1) is 13.4. The van der Waals surface area contributed by atoms with Gasteiger partial charge in [0, 0.05) is 12.3 Å². The molecule has 1 fully saturated rings. The summed E-state index contributed by atoms with van der Waals surface area (Å²) in [5.41, 5.74) is 4.94. The second-order valence-corrected chi connectivity index (χ2v) is 7.87. The standard InChI is InChI=1S/C24H28O4/c1-15-10-16(2)22(17(3)11-15)23-20(25)12-21(28-24(23)26)18(4)13-27-14-19-8-6-5-7-9-19/h5-11,18,21,23H,12-14H2,1-4H3. The molecule has 148 valence electrons. The number of carbonyl (C=O) groups is 2. The number of aryl methyl sites for hydroxylation is 3. The van der Waals surface area contributed by atoms with Gasteiger partial charge in [-0.15, -0.1) is 0 Å². The molecule has 2 aromatic rings. The van der Waals surface area contributed by atoms with Gasteiger partial charge in [0.1, 0.15) is 12.0 Å². The number of ketones is 1. The van der Waals surface area contributed by atoms with Crippen LogP contribution < -0.4 is 0 Å². The summed E-state index contributed by atoms with van der Waals surface area (Å²) in [6, 6.07) is 13.9. The molecule has 3 unspecified atom stereocenters. The smallest absolute Gasteiger partial charge is 0.321 e. The molecule has 0 bridgehead atoms. The second kappa shape index (κ2) is 8.70. The van der Waals surface area contributed by atoms with Crippen molar-refractivity contribution in [3.8, 4) is 0 Å². The lowest BCUT2D eigenvalue weighted by molar-refractivity contribution is -0.164. The number of hydrogen-bond donors (Lipinski definition) is 0. The van der Waals surface area contributed by atoms with Crippen LogP contribution in [0.4, 0.5) is 0 Å². The van der Waals surface area contributed by atoms with Crippen molar-refractivity contribution in [2.24, 2.45) is 5.92 Å². The summed E-state index contributed by atoms with van der Waals surface area (Å²) in [6.45, 7) is 8.80. The number of hydrogen-bond acceptors (Lipinski definition) is 4. The van der Waals surface area contributed by atoms with Gasteiger partial charge in [-0.25, -0.2) is 0 Å². The summed E-state index contributed by atoms with van der Waals surface area (Å²) >= 11 is 0. The molecule has 3 atom stereocenters. The molecular formula is C24H28O4. The van der Waals surface area contributed by atoms with Crippen molar-refractivity contribution in [2.75, 3.05) is 6.61 Å². The van der Waals surface area contributed by atoms with Gasteiger partial charge < -0.3 is 9.47 Å². The van der Waals surface area contributed by atoms with Crippen LogP contribution in [-0.2, 0) is 25.7 Å². The second-order valence-electron chi connectivity index (χ2n) is 7.87. The predicted octanol–water partition coefficient (Wildman–Crippen LogP) is 4.43. The zero-order chi connectivity index (χ0) is 20.3. The maximum absolute atomic E-state index is 12.9. The van der Waals surface area contributed by atoms with Gasteiger partial charge in [0.05, 0.1) is 13.2 Å². The monoisotopic (exact) mass is 380 g/mol. The van der Waals surface area contributed by atoms with E-state index in [-0.39, 0.29) is 18.1 Å². The number of Topliss-reactive ketones (excluding diaryl/α,β-unsaturated/α-hetero) is 1. The Balaban J connectivity index is 1.63. The minimum absolute atomic E-state index is 0.0437. The summed E-state index contributed by atoms with van der Waals surface area (Å²) in [4.78, 5) is 25.6. The number of rotatable bonds is 6. The average molecular weight is 380 g/mol. The van der Waals surface area contributed by atoms with Crippen molar-refractivity contribution in [3.63, 3.8) is 0 Å². The number of esters is 1. The summed E-state index contributed by atoms with van der Waals surface area (Å²) < 4.78 is 11.5. The molecule has 4 nitrogen and oxygen atoms in total. The van der Waals surface area contributed by atoms with Crippen LogP contribution in [0, 0.1) is 26.7 Å². The number of carbonyl (C=O) groups excluding carboxylic acids is 2. The molecule has 0 N–H and O–H groups in total. The van der Waals surface area contributed by atoms with E-state index in [4.69, 9.17) is 9.47 Å². The lowest BCUT2D eigenvalue weighted by Crippen LogP contribution is -2.41. The molecule has 3 rings (SSSR count). The van der Waals surface area contributed by atoms with Crippen LogP contribution in [-0.4, -0.2) is 24.5 Å². The van der Waals surface area contributed by atoms with Gasteiger partial charge in [0.25, 0.3) is 0 Å². The highest BCUT2D eigenvalue weighted by Crippen LogP contribution is 2.33. The fraction of sp³-hybridized carbons (Fsp3) is 0.417. The quantitative estimate of drug-likeness (QED) is 0.549. The van der Waals surface area contributed by atoms with Crippen LogP contribution in [0.15, 0.2) is 42.5 Å². The van der Waals surface area contributed by atoms with E-state index in [0.717, 1.165) is 27.8 Å². The van der Waals surface area contributed by atoms with Gasteiger partial charge in [-0.3, -0.25) is 9.59 Å². The molecule has 2 aromatic carbocycles. The molecule has 0 spiro atoms. The van der Waals surface area contributed by atoms with E-state index >= 15 is 0 Å². The molecule has 0 saturated carbocycles. The Kier molecular flexibility index (Phi) is 6.30. The van der Waals surface area contributed by atoms with E-state index < -0.39 is 18.0 Å². The topological polar surface area (TPSA) is 52.6 Å². The molecule has 28 heavy (non-hydrogen) atoms. The molecule has 1 saturated heterocycles. The lowest BCUT2D eigenvalue weighted by atomic mass is 9.82. The minimum Gasteiger partial charge on any atom is -0.461 e. The van der Waals surface area contributed by atoms with Crippen LogP contribution in [0.2, 0.25) is 0 Å². The third-order valence-corrected chi connectivity index (χ3v) is 5.38. The molecule has 1 heterocycles. The van der Waals surface area contributed by atoms with Gasteiger partial charge in [-0.1, -0.05) is 55.0 Å². The fourth-order valence-electron chi connectivity index (χ4n) is 3.99. The Bertz CT molecular complexity index is 815. The van der Waals surface area contributed by atoms with Crippen molar-refractivity contribution >= 4 is 11.8 Å². The first kappa shape index (κ1) is 20.3. The lowest BCUT2D eigenvalue weighted by Gasteiger charge is -2.32. The van der Waals surface area contributed by atoms with Crippen molar-refractivity contribution in [1.82, 2.24) is 0 Å². The van der Waals surface area contributed by atoms with E-state index in [1.54, 1.807) is 0 Å². The third-order valence-electron chi connectivity index (χ3n) is 5.38. The Morgan fingerprint density at radius 3 is 2.32 bits per heavy atom. The first-order valence-corrected chi connectivity index (χ1v) is 9.79. The molecule has 1 aliphatic rings. The van der Waals surface area contributed by atoms with Crippen molar-refractivity contribution in [1.29, 1.82) is 0 Å². The van der Waals surface area contributed by atoms with E-state index in [2.05, 4.69) is 0 Å². The molecule has 0 aromatic heterocycles. The van der Waals surface area contributed by atoms with Gasteiger partial charge in [0.15, 0.2) is 5.78 Å². The normalized spacial score (nSPS) is 20.7. The molecule has 0 amide bonds. The van der Waals surface area contributed by atoms with Crippen LogP contribution in [0.1, 0.15) is 47.1 Å². The fourth-order valence-corrected chi connectivity index (χ4v) is 3.99. The molecule has 0 aliphatic carbocycles. The highest BCUT2D eigenvalue weighted by atomic mass is 16.5. The highest BCUT2D eigenvalue weighted by molar-refractivity contribution is 6.06. The largest absolute Gasteiger partial charge is 0.461 e. The van der Waals surface area contributed by atoms with E-state index in [0.29, 0.717) is 13.2 Å². The van der Waals surface area contributed by atoms with E-state index in [1.807, 2.05) is 70.2 Å². The Morgan fingerprint density at radius 2 is 1.71 bits per heavy atom. The van der Waals surface area contributed by atoms with Gasteiger partial charge in [-0.2, -0.15) is 0 Å². The maximum Gasteiger partial charge on any atom is 0.321 e. The highest BCUT2D eigenvalue weighted by Gasteiger charge is 2.41. The Hall–Kier alpha value is -2.46. The van der Waals surface area contributed by atoms with Crippen molar-refractivity contribution in [3.05, 3.63) is 70.3 Å². The molecule has 1 aliphatic heterocycles. The van der Waals surface area contributed by atoms with Crippen LogP contribution >= 0.6 is 0 Å². The zero-order valence-corrected chi connectivity index (χ0v) is 17.0. The summed E-state index contributed by atoms with van der Waals surface area (Å²) in [7, 11) is 0. The molecule has 4 heteroatoms. The van der Waals surface area contributed by atoms with Gasteiger partial charge >= 0.3 is 5.97 Å². The van der Waals surface area contributed by atoms with Crippen LogP contribution in [0.3, 0.4) is 0 Å². The number of ether oxygens (including phenoxy) is 2. The van der Waals surface area contributed by atoms with E-state index in [1.165, 1.54) is 0 Å². The van der Waals surface area contributed by atoms with Crippen molar-refractivity contribution < 1.29 is 19.1 Å². The van der Waals surface area contributed by atoms with Crippen LogP contribution in [0.25, 0.3) is 0 Å².